The monoisotopic (exact) mass is 271 g/mol. The Hall–Kier alpha value is -3.16. The van der Waals surface area contributed by atoms with Crippen LogP contribution in [0.4, 0.5) is 11.5 Å². The lowest BCUT2D eigenvalue weighted by Gasteiger charge is -2.06. The summed E-state index contributed by atoms with van der Waals surface area (Å²) in [5, 5.41) is 10.7. The van der Waals surface area contributed by atoms with Gasteiger partial charge in [0.15, 0.2) is 0 Å². The third-order valence-corrected chi connectivity index (χ3v) is 2.60. The van der Waals surface area contributed by atoms with Gasteiger partial charge >= 0.3 is 0 Å². The Morgan fingerprint density at radius 3 is 3.05 bits per heavy atom. The number of nitro groups is 1. The number of imidazole rings is 1. The van der Waals surface area contributed by atoms with Crippen LogP contribution in [0.1, 0.15) is 0 Å². The van der Waals surface area contributed by atoms with Crippen molar-refractivity contribution < 1.29 is 9.66 Å². The highest BCUT2D eigenvalue weighted by Gasteiger charge is 2.11. The third kappa shape index (κ3) is 2.09. The maximum atomic E-state index is 10.7. The molecule has 1 aromatic carbocycles. The molecule has 8 heteroatoms. The number of rotatable bonds is 3. The van der Waals surface area contributed by atoms with E-state index >= 15 is 0 Å². The molecular weight excluding hydrogens is 262 g/mol. The molecule has 0 bridgehead atoms. The van der Waals surface area contributed by atoms with Gasteiger partial charge in [0.05, 0.1) is 17.2 Å². The molecule has 0 amide bonds. The van der Waals surface area contributed by atoms with E-state index in [4.69, 9.17) is 10.5 Å². The van der Waals surface area contributed by atoms with E-state index in [-0.39, 0.29) is 17.4 Å². The van der Waals surface area contributed by atoms with Crippen LogP contribution in [0.15, 0.2) is 42.9 Å². The summed E-state index contributed by atoms with van der Waals surface area (Å²) in [4.78, 5) is 18.4. The van der Waals surface area contributed by atoms with Gasteiger partial charge in [-0.3, -0.25) is 14.5 Å². The molecule has 0 saturated carbocycles. The Morgan fingerprint density at radius 1 is 1.40 bits per heavy atom. The number of fused-ring (bicyclic) bond motifs is 1. The van der Waals surface area contributed by atoms with Crippen LogP contribution in [-0.2, 0) is 0 Å². The fourth-order valence-electron chi connectivity index (χ4n) is 1.76. The first-order chi connectivity index (χ1) is 9.63. The summed E-state index contributed by atoms with van der Waals surface area (Å²) in [5.41, 5.74) is 6.08. The van der Waals surface area contributed by atoms with Crippen molar-refractivity contribution in [1.29, 1.82) is 0 Å². The van der Waals surface area contributed by atoms with E-state index in [0.29, 0.717) is 11.4 Å². The number of nitrogen functional groups attached to an aromatic ring is 1. The summed E-state index contributed by atoms with van der Waals surface area (Å²) in [6.07, 6.45) is 4.88. The first-order valence-corrected chi connectivity index (χ1v) is 5.65. The van der Waals surface area contributed by atoms with Gasteiger partial charge < -0.3 is 10.5 Å². The standard InChI is InChI=1S/C12H9N5O3/c13-10-7-16-5-4-14-11(16)12(15-10)20-9-3-1-2-8(6-9)17(18)19/h1-7H,13H2. The van der Waals surface area contributed by atoms with Gasteiger partial charge in [-0.25, -0.2) is 4.98 Å². The summed E-state index contributed by atoms with van der Waals surface area (Å²) >= 11 is 0. The first kappa shape index (κ1) is 11.9. The Labute approximate surface area is 112 Å². The van der Waals surface area contributed by atoms with Crippen LogP contribution in [0.3, 0.4) is 0 Å². The fourth-order valence-corrected chi connectivity index (χ4v) is 1.76. The molecule has 0 aliphatic heterocycles. The van der Waals surface area contributed by atoms with Crippen molar-refractivity contribution in [1.82, 2.24) is 14.4 Å². The molecule has 0 saturated heterocycles. The van der Waals surface area contributed by atoms with Gasteiger partial charge in [0, 0.05) is 18.5 Å². The molecule has 2 aromatic heterocycles. The number of ether oxygens (including phenoxy) is 1. The molecule has 0 radical (unpaired) electrons. The molecule has 100 valence electrons. The number of anilines is 1. The van der Waals surface area contributed by atoms with Gasteiger partial charge in [-0.2, -0.15) is 4.98 Å². The second-order valence-corrected chi connectivity index (χ2v) is 3.99. The Kier molecular flexibility index (Phi) is 2.68. The van der Waals surface area contributed by atoms with Crippen molar-refractivity contribution in [2.24, 2.45) is 0 Å². The number of hydrogen-bond acceptors (Lipinski definition) is 6. The van der Waals surface area contributed by atoms with Gasteiger partial charge in [0.2, 0.25) is 5.65 Å². The molecule has 20 heavy (non-hydrogen) atoms. The normalized spacial score (nSPS) is 10.6. The molecule has 8 nitrogen and oxygen atoms in total. The lowest BCUT2D eigenvalue weighted by atomic mass is 10.3. The second kappa shape index (κ2) is 4.50. The molecule has 2 heterocycles. The maximum absolute atomic E-state index is 10.7. The number of nitrogens with zero attached hydrogens (tertiary/aromatic N) is 4. The lowest BCUT2D eigenvalue weighted by molar-refractivity contribution is -0.384. The topological polar surface area (TPSA) is 109 Å². The van der Waals surface area contributed by atoms with Gasteiger partial charge in [0.25, 0.3) is 11.6 Å². The lowest BCUT2D eigenvalue weighted by Crippen LogP contribution is -1.99. The summed E-state index contributed by atoms with van der Waals surface area (Å²) < 4.78 is 7.20. The van der Waals surface area contributed by atoms with Gasteiger partial charge in [0.1, 0.15) is 11.6 Å². The highest BCUT2D eigenvalue weighted by Crippen LogP contribution is 2.26. The summed E-state index contributed by atoms with van der Waals surface area (Å²) in [5.74, 6) is 0.744. The van der Waals surface area contributed by atoms with Gasteiger partial charge in [-0.1, -0.05) is 6.07 Å². The minimum absolute atomic E-state index is 0.0641. The van der Waals surface area contributed by atoms with E-state index in [1.54, 1.807) is 29.1 Å². The van der Waals surface area contributed by atoms with Crippen molar-refractivity contribution in [2.45, 2.75) is 0 Å². The van der Waals surface area contributed by atoms with E-state index in [1.165, 1.54) is 18.2 Å². The van der Waals surface area contributed by atoms with Gasteiger partial charge in [-0.15, -0.1) is 0 Å². The van der Waals surface area contributed by atoms with Crippen LogP contribution in [0.5, 0.6) is 11.6 Å². The van der Waals surface area contributed by atoms with Crippen LogP contribution < -0.4 is 10.5 Å². The molecule has 0 unspecified atom stereocenters. The molecule has 3 rings (SSSR count). The summed E-state index contributed by atoms with van der Waals surface area (Å²) in [6.45, 7) is 0. The number of hydrogen-bond donors (Lipinski definition) is 1. The molecule has 0 atom stereocenters. The number of non-ortho nitro benzene ring substituents is 1. The zero-order valence-corrected chi connectivity index (χ0v) is 10.1. The zero-order valence-electron chi connectivity index (χ0n) is 10.1. The minimum atomic E-state index is -0.495. The quantitative estimate of drug-likeness (QED) is 0.576. The first-order valence-electron chi connectivity index (χ1n) is 5.65. The van der Waals surface area contributed by atoms with E-state index in [0.717, 1.165) is 0 Å². The maximum Gasteiger partial charge on any atom is 0.273 e. The van der Waals surface area contributed by atoms with E-state index in [1.807, 2.05) is 0 Å². The largest absolute Gasteiger partial charge is 0.436 e. The van der Waals surface area contributed by atoms with Crippen LogP contribution in [0.25, 0.3) is 5.65 Å². The minimum Gasteiger partial charge on any atom is -0.436 e. The summed E-state index contributed by atoms with van der Waals surface area (Å²) in [7, 11) is 0. The van der Waals surface area contributed by atoms with Gasteiger partial charge in [-0.05, 0) is 6.07 Å². The Morgan fingerprint density at radius 2 is 2.25 bits per heavy atom. The molecule has 0 aliphatic carbocycles. The number of aromatic nitrogens is 3. The SMILES string of the molecule is Nc1cn2ccnc2c(Oc2cccc([N+](=O)[O-])c2)n1. The highest BCUT2D eigenvalue weighted by atomic mass is 16.6. The second-order valence-electron chi connectivity index (χ2n) is 3.99. The fraction of sp³-hybridized carbons (Fsp3) is 0. The third-order valence-electron chi connectivity index (χ3n) is 2.60. The smallest absolute Gasteiger partial charge is 0.273 e. The zero-order chi connectivity index (χ0) is 14.1. The van der Waals surface area contributed by atoms with E-state index in [9.17, 15) is 10.1 Å². The van der Waals surface area contributed by atoms with Crippen molar-refractivity contribution >= 4 is 17.2 Å². The Balaban J connectivity index is 2.02. The van der Waals surface area contributed by atoms with E-state index in [2.05, 4.69) is 9.97 Å². The molecule has 0 aliphatic rings. The van der Waals surface area contributed by atoms with E-state index < -0.39 is 4.92 Å². The summed E-state index contributed by atoms with van der Waals surface area (Å²) in [6, 6.07) is 5.81. The molecule has 0 spiro atoms. The van der Waals surface area contributed by atoms with Crippen molar-refractivity contribution in [3.05, 3.63) is 53.0 Å². The predicted molar refractivity (Wildman–Crippen MR) is 70.6 cm³/mol. The highest BCUT2D eigenvalue weighted by molar-refractivity contribution is 5.54. The average molecular weight is 271 g/mol. The van der Waals surface area contributed by atoms with Crippen molar-refractivity contribution in [2.75, 3.05) is 5.73 Å². The van der Waals surface area contributed by atoms with Crippen LogP contribution in [-0.4, -0.2) is 19.3 Å². The van der Waals surface area contributed by atoms with Crippen LogP contribution in [0.2, 0.25) is 0 Å². The molecule has 2 N–H and O–H groups in total. The Bertz CT molecular complexity index is 799. The van der Waals surface area contributed by atoms with Crippen molar-refractivity contribution in [3.63, 3.8) is 0 Å². The van der Waals surface area contributed by atoms with Crippen LogP contribution >= 0.6 is 0 Å². The molecule has 3 aromatic rings. The number of nitrogens with two attached hydrogens (primary N) is 1. The predicted octanol–water partition coefficient (Wildman–Crippen LogP) is 2.01. The average Bonchev–Trinajstić information content (AvgIpc) is 2.87. The van der Waals surface area contributed by atoms with Crippen molar-refractivity contribution in [3.8, 4) is 11.6 Å². The molecule has 0 fully saturated rings. The van der Waals surface area contributed by atoms with Crippen LogP contribution in [0, 0.1) is 10.1 Å². The number of nitro benzene ring substituents is 1. The number of benzene rings is 1. The molecular formula is C12H9N5O3.